The zero-order chi connectivity index (χ0) is 13.1. The van der Waals surface area contributed by atoms with E-state index in [0.717, 1.165) is 0 Å². The van der Waals surface area contributed by atoms with Crippen LogP contribution in [0.25, 0.3) is 0 Å². The maximum Gasteiger partial charge on any atom is 0.245 e. The summed E-state index contributed by atoms with van der Waals surface area (Å²) in [5.41, 5.74) is 4.22. The number of rotatable bonds is 3. The van der Waals surface area contributed by atoms with Crippen LogP contribution in [0.3, 0.4) is 0 Å². The lowest BCUT2D eigenvalue weighted by atomic mass is 9.99. The van der Waals surface area contributed by atoms with Gasteiger partial charge in [0.2, 0.25) is 17.7 Å². The minimum Gasteiger partial charge on any atom is -0.352 e. The van der Waals surface area contributed by atoms with Gasteiger partial charge < -0.3 is 21.3 Å². The second-order valence-electron chi connectivity index (χ2n) is 4.34. The van der Waals surface area contributed by atoms with Crippen molar-refractivity contribution in [3.05, 3.63) is 0 Å². The average Bonchev–Trinajstić information content (AvgIpc) is 2.29. The maximum atomic E-state index is 11.9. The average molecular weight is 279 g/mol. The Hall–Kier alpha value is -1.34. The molecule has 0 unspecified atom stereocenters. The second kappa shape index (κ2) is 6.55. The zero-order valence-electron chi connectivity index (χ0n) is 10.5. The molecule has 4 N–H and O–H groups in total. The summed E-state index contributed by atoms with van der Waals surface area (Å²) in [4.78, 5) is 35.9. The molecule has 0 aliphatic carbocycles. The number of halogens is 1. The van der Waals surface area contributed by atoms with E-state index in [9.17, 15) is 14.4 Å². The molecule has 0 saturated carbocycles. The largest absolute Gasteiger partial charge is 0.352 e. The number of hydrogen-bond donors (Lipinski definition) is 3. The number of piperazine rings is 1. The minimum atomic E-state index is -0.886. The molecule has 0 atom stereocenters. The predicted molar refractivity (Wildman–Crippen MR) is 68.1 cm³/mol. The molecule has 1 aliphatic rings. The van der Waals surface area contributed by atoms with Crippen LogP contribution in [0.1, 0.15) is 13.8 Å². The maximum absolute atomic E-state index is 11.9. The Morgan fingerprint density at radius 3 is 2.67 bits per heavy atom. The summed E-state index contributed by atoms with van der Waals surface area (Å²) in [6, 6.07) is 0. The molecule has 0 spiro atoms. The molecule has 1 heterocycles. The van der Waals surface area contributed by atoms with Gasteiger partial charge in [-0.25, -0.2) is 0 Å². The van der Waals surface area contributed by atoms with Crippen LogP contribution in [0.2, 0.25) is 0 Å². The van der Waals surface area contributed by atoms with Crippen molar-refractivity contribution >= 4 is 30.1 Å². The Balaban J connectivity index is 0.00000289. The Kier molecular flexibility index (Phi) is 6.07. The van der Waals surface area contributed by atoms with E-state index in [2.05, 4.69) is 10.6 Å². The van der Waals surface area contributed by atoms with E-state index in [1.54, 1.807) is 13.8 Å². The number of nitrogens with zero attached hydrogens (tertiary/aromatic N) is 1. The molecular formula is C10H19ClN4O3. The van der Waals surface area contributed by atoms with Gasteiger partial charge in [0.05, 0.1) is 13.1 Å². The lowest BCUT2D eigenvalue weighted by Crippen LogP contribution is -2.64. The van der Waals surface area contributed by atoms with Crippen LogP contribution in [0.4, 0.5) is 0 Å². The molecule has 0 aromatic carbocycles. The third-order valence-electron chi connectivity index (χ3n) is 2.77. The SMILES string of the molecule is CC1(C)C(=O)NCCN1C(=O)CNC(=O)CN.Cl. The molecule has 1 saturated heterocycles. The number of hydrogen-bond acceptors (Lipinski definition) is 4. The van der Waals surface area contributed by atoms with Crippen molar-refractivity contribution in [2.45, 2.75) is 19.4 Å². The fraction of sp³-hybridized carbons (Fsp3) is 0.700. The van der Waals surface area contributed by atoms with Crippen molar-refractivity contribution < 1.29 is 14.4 Å². The van der Waals surface area contributed by atoms with Gasteiger partial charge in [-0.05, 0) is 13.8 Å². The van der Waals surface area contributed by atoms with Crippen LogP contribution < -0.4 is 16.4 Å². The monoisotopic (exact) mass is 278 g/mol. The molecule has 0 aromatic rings. The van der Waals surface area contributed by atoms with Gasteiger partial charge in [0, 0.05) is 13.1 Å². The van der Waals surface area contributed by atoms with Crippen molar-refractivity contribution in [2.24, 2.45) is 5.73 Å². The third kappa shape index (κ3) is 3.58. The fourth-order valence-electron chi connectivity index (χ4n) is 1.68. The summed E-state index contributed by atoms with van der Waals surface area (Å²) < 4.78 is 0. The topological polar surface area (TPSA) is 105 Å². The highest BCUT2D eigenvalue weighted by molar-refractivity contribution is 5.93. The van der Waals surface area contributed by atoms with Gasteiger partial charge in [-0.3, -0.25) is 14.4 Å². The number of amides is 3. The molecule has 1 aliphatic heterocycles. The van der Waals surface area contributed by atoms with Gasteiger partial charge in [-0.15, -0.1) is 12.4 Å². The highest BCUT2D eigenvalue weighted by atomic mass is 35.5. The quantitative estimate of drug-likeness (QED) is 0.568. The van der Waals surface area contributed by atoms with Crippen LogP contribution in [0.5, 0.6) is 0 Å². The van der Waals surface area contributed by atoms with Crippen LogP contribution in [0.15, 0.2) is 0 Å². The van der Waals surface area contributed by atoms with Crippen LogP contribution in [-0.2, 0) is 14.4 Å². The highest BCUT2D eigenvalue weighted by Gasteiger charge is 2.40. The smallest absolute Gasteiger partial charge is 0.245 e. The lowest BCUT2D eigenvalue weighted by molar-refractivity contribution is -0.148. The Bertz CT molecular complexity index is 346. The molecule has 7 nitrogen and oxygen atoms in total. The van der Waals surface area contributed by atoms with Crippen molar-refractivity contribution in [1.82, 2.24) is 15.5 Å². The van der Waals surface area contributed by atoms with E-state index < -0.39 is 11.4 Å². The van der Waals surface area contributed by atoms with Crippen LogP contribution in [-0.4, -0.2) is 54.3 Å². The van der Waals surface area contributed by atoms with E-state index in [1.807, 2.05) is 0 Å². The predicted octanol–water partition coefficient (Wildman–Crippen LogP) is -1.78. The summed E-state index contributed by atoms with van der Waals surface area (Å²) >= 11 is 0. The molecule has 104 valence electrons. The molecule has 0 aromatic heterocycles. The third-order valence-corrected chi connectivity index (χ3v) is 2.77. The van der Waals surface area contributed by atoms with Crippen molar-refractivity contribution in [2.75, 3.05) is 26.2 Å². The second-order valence-corrected chi connectivity index (χ2v) is 4.34. The van der Waals surface area contributed by atoms with E-state index in [4.69, 9.17) is 5.73 Å². The lowest BCUT2D eigenvalue weighted by Gasteiger charge is -2.41. The zero-order valence-corrected chi connectivity index (χ0v) is 11.3. The molecule has 0 radical (unpaired) electrons. The summed E-state index contributed by atoms with van der Waals surface area (Å²) in [5.74, 6) is -0.869. The van der Waals surface area contributed by atoms with Crippen molar-refractivity contribution in [3.8, 4) is 0 Å². The first-order chi connectivity index (χ1) is 7.89. The Morgan fingerprint density at radius 2 is 2.11 bits per heavy atom. The molecule has 1 rings (SSSR count). The van der Waals surface area contributed by atoms with Gasteiger partial charge in [-0.1, -0.05) is 0 Å². The number of carbonyl (C=O) groups is 3. The van der Waals surface area contributed by atoms with Crippen LogP contribution in [0, 0.1) is 0 Å². The van der Waals surface area contributed by atoms with E-state index >= 15 is 0 Å². The Morgan fingerprint density at radius 1 is 1.50 bits per heavy atom. The highest BCUT2D eigenvalue weighted by Crippen LogP contribution is 2.17. The van der Waals surface area contributed by atoms with Gasteiger partial charge in [0.1, 0.15) is 5.54 Å². The molecule has 18 heavy (non-hydrogen) atoms. The standard InChI is InChI=1S/C10H18N4O3.ClH/c1-10(2)9(17)12-3-4-14(10)8(16)6-13-7(15)5-11;/h3-6,11H2,1-2H3,(H,12,17)(H,13,15);1H. The van der Waals surface area contributed by atoms with Gasteiger partial charge >= 0.3 is 0 Å². The number of nitrogens with two attached hydrogens (primary N) is 1. The van der Waals surface area contributed by atoms with Gasteiger partial charge in [0.15, 0.2) is 0 Å². The first-order valence-electron chi connectivity index (χ1n) is 5.45. The van der Waals surface area contributed by atoms with Crippen molar-refractivity contribution in [3.63, 3.8) is 0 Å². The number of carbonyl (C=O) groups excluding carboxylic acids is 3. The van der Waals surface area contributed by atoms with Gasteiger partial charge in [-0.2, -0.15) is 0 Å². The normalized spacial score (nSPS) is 17.5. The fourth-order valence-corrected chi connectivity index (χ4v) is 1.68. The van der Waals surface area contributed by atoms with E-state index in [1.165, 1.54) is 4.90 Å². The summed E-state index contributed by atoms with van der Waals surface area (Å²) in [6.45, 7) is 3.92. The van der Waals surface area contributed by atoms with E-state index in [0.29, 0.717) is 13.1 Å². The summed E-state index contributed by atoms with van der Waals surface area (Å²) in [7, 11) is 0. The Labute approximate surface area is 112 Å². The summed E-state index contributed by atoms with van der Waals surface area (Å²) in [6.07, 6.45) is 0. The van der Waals surface area contributed by atoms with Crippen molar-refractivity contribution in [1.29, 1.82) is 0 Å². The first kappa shape index (κ1) is 16.7. The van der Waals surface area contributed by atoms with Crippen LogP contribution >= 0.6 is 12.4 Å². The summed E-state index contributed by atoms with van der Waals surface area (Å²) in [5, 5.41) is 5.09. The molecule has 8 heteroatoms. The van der Waals surface area contributed by atoms with Gasteiger partial charge in [0.25, 0.3) is 0 Å². The molecule has 0 bridgehead atoms. The van der Waals surface area contributed by atoms with E-state index in [-0.39, 0.29) is 37.3 Å². The molecular weight excluding hydrogens is 260 g/mol. The first-order valence-corrected chi connectivity index (χ1v) is 5.45. The minimum absolute atomic E-state index is 0. The molecule has 1 fully saturated rings. The molecule has 3 amide bonds. The number of nitrogens with one attached hydrogen (secondary N) is 2.